The molecule has 3 rings (SSSR count). The van der Waals surface area contributed by atoms with Gasteiger partial charge in [0.15, 0.2) is 0 Å². The molecule has 3 aromatic rings. The van der Waals surface area contributed by atoms with E-state index >= 15 is 0 Å². The number of hydrogen-bond acceptors (Lipinski definition) is 3. The number of nitrogens with one attached hydrogen (secondary N) is 1. The minimum atomic E-state index is -0.169. The van der Waals surface area contributed by atoms with Gasteiger partial charge in [0.1, 0.15) is 5.69 Å². The van der Waals surface area contributed by atoms with Crippen LogP contribution in [0, 0.1) is 13.8 Å². The number of benzene rings is 2. The van der Waals surface area contributed by atoms with Crippen molar-refractivity contribution < 1.29 is 4.79 Å². The third-order valence-corrected chi connectivity index (χ3v) is 6.52. The number of aromatic nitrogens is 1. The van der Waals surface area contributed by atoms with Crippen LogP contribution in [0.15, 0.2) is 59.5 Å². The van der Waals surface area contributed by atoms with Gasteiger partial charge in [0.25, 0.3) is 5.91 Å². The molecule has 0 saturated heterocycles. The Morgan fingerprint density at radius 2 is 1.76 bits per heavy atom. The Bertz CT molecular complexity index is 1000. The van der Waals surface area contributed by atoms with E-state index in [0.29, 0.717) is 28.0 Å². The molecule has 0 bridgehead atoms. The smallest absolute Gasteiger partial charge is 0.269 e. The van der Waals surface area contributed by atoms with Crippen LogP contribution < -0.4 is 5.32 Å². The van der Waals surface area contributed by atoms with Crippen molar-refractivity contribution in [3.05, 3.63) is 92.7 Å². The fourth-order valence-electron chi connectivity index (χ4n) is 2.98. The monoisotopic (exact) mass is 444 g/mol. The minimum absolute atomic E-state index is 0.169. The van der Waals surface area contributed by atoms with Crippen LogP contribution in [0.5, 0.6) is 0 Å². The summed E-state index contributed by atoms with van der Waals surface area (Å²) in [5.41, 5.74) is 4.94. The molecule has 0 aliphatic rings. The summed E-state index contributed by atoms with van der Waals surface area (Å²) in [7, 11) is 0. The molecule has 0 radical (unpaired) electrons. The Morgan fingerprint density at radius 1 is 1.03 bits per heavy atom. The Morgan fingerprint density at radius 3 is 2.48 bits per heavy atom. The van der Waals surface area contributed by atoms with E-state index in [1.165, 1.54) is 28.5 Å². The van der Waals surface area contributed by atoms with Gasteiger partial charge >= 0.3 is 0 Å². The van der Waals surface area contributed by atoms with E-state index in [-0.39, 0.29) is 5.91 Å². The van der Waals surface area contributed by atoms with Gasteiger partial charge in [0, 0.05) is 17.2 Å². The highest BCUT2D eigenvalue weighted by Gasteiger charge is 2.10. The maximum absolute atomic E-state index is 12.5. The molecule has 0 fully saturated rings. The van der Waals surface area contributed by atoms with Gasteiger partial charge in [0.2, 0.25) is 0 Å². The number of carbonyl (C=O) groups excluding carboxylic acids is 1. The fraction of sp³-hybridized carbons (Fsp3) is 0.217. The maximum Gasteiger partial charge on any atom is 0.269 e. The summed E-state index contributed by atoms with van der Waals surface area (Å²) in [5.74, 6) is 0.407. The summed E-state index contributed by atoms with van der Waals surface area (Å²) >= 11 is 13.9. The van der Waals surface area contributed by atoms with Crippen molar-refractivity contribution in [3.63, 3.8) is 0 Å². The summed E-state index contributed by atoms with van der Waals surface area (Å²) in [6.45, 7) is 4.74. The highest BCUT2D eigenvalue weighted by atomic mass is 35.5. The molecule has 29 heavy (non-hydrogen) atoms. The number of amides is 1. The SMILES string of the molecule is Cc1ccc(CCNC(=O)c2cccc(CSc3c(Cl)cccc3Cl)n2)c(C)c1. The summed E-state index contributed by atoms with van der Waals surface area (Å²) in [6, 6.07) is 17.3. The number of rotatable bonds is 7. The zero-order valence-corrected chi connectivity index (χ0v) is 18.7. The van der Waals surface area contributed by atoms with Gasteiger partial charge < -0.3 is 5.32 Å². The maximum atomic E-state index is 12.5. The predicted molar refractivity (Wildman–Crippen MR) is 122 cm³/mol. The van der Waals surface area contributed by atoms with E-state index in [1.807, 2.05) is 30.3 Å². The van der Waals surface area contributed by atoms with E-state index in [4.69, 9.17) is 23.2 Å². The largest absolute Gasteiger partial charge is 0.350 e. The molecule has 0 unspecified atom stereocenters. The van der Waals surface area contributed by atoms with Crippen LogP contribution >= 0.6 is 35.0 Å². The Balaban J connectivity index is 1.57. The average molecular weight is 445 g/mol. The lowest BCUT2D eigenvalue weighted by Gasteiger charge is -2.09. The molecule has 0 atom stereocenters. The highest BCUT2D eigenvalue weighted by Crippen LogP contribution is 2.35. The van der Waals surface area contributed by atoms with Crippen molar-refractivity contribution in [2.24, 2.45) is 0 Å². The van der Waals surface area contributed by atoms with Crippen LogP contribution in [0.2, 0.25) is 10.0 Å². The van der Waals surface area contributed by atoms with E-state index in [1.54, 1.807) is 6.07 Å². The first kappa shape index (κ1) is 21.7. The molecule has 1 amide bonds. The zero-order chi connectivity index (χ0) is 20.8. The first-order valence-electron chi connectivity index (χ1n) is 9.31. The quantitative estimate of drug-likeness (QED) is 0.436. The third-order valence-electron chi connectivity index (χ3n) is 4.50. The Kier molecular flexibility index (Phi) is 7.59. The second-order valence-corrected chi connectivity index (χ2v) is 8.59. The molecule has 0 aliphatic heterocycles. The van der Waals surface area contributed by atoms with Crippen LogP contribution in [-0.2, 0) is 12.2 Å². The molecular formula is C23H22Cl2N2OS. The van der Waals surface area contributed by atoms with Crippen molar-refractivity contribution in [1.82, 2.24) is 10.3 Å². The summed E-state index contributed by atoms with van der Waals surface area (Å²) in [4.78, 5) is 17.8. The van der Waals surface area contributed by atoms with E-state index in [2.05, 4.69) is 42.3 Å². The zero-order valence-electron chi connectivity index (χ0n) is 16.3. The summed E-state index contributed by atoms with van der Waals surface area (Å²) in [6.07, 6.45) is 0.790. The van der Waals surface area contributed by atoms with Gasteiger partial charge in [-0.15, -0.1) is 11.8 Å². The number of pyridine rings is 1. The van der Waals surface area contributed by atoms with Gasteiger partial charge in [-0.3, -0.25) is 4.79 Å². The summed E-state index contributed by atoms with van der Waals surface area (Å²) in [5, 5.41) is 4.19. The van der Waals surface area contributed by atoms with Gasteiger partial charge in [-0.05, 0) is 55.7 Å². The molecular weight excluding hydrogens is 423 g/mol. The Hall–Kier alpha value is -2.01. The second kappa shape index (κ2) is 10.1. The van der Waals surface area contributed by atoms with E-state index in [0.717, 1.165) is 17.0 Å². The number of carbonyl (C=O) groups is 1. The number of halogens is 2. The van der Waals surface area contributed by atoms with Crippen molar-refractivity contribution in [1.29, 1.82) is 0 Å². The van der Waals surface area contributed by atoms with Crippen LogP contribution in [-0.4, -0.2) is 17.4 Å². The molecule has 6 heteroatoms. The fourth-order valence-corrected chi connectivity index (χ4v) is 4.57. The van der Waals surface area contributed by atoms with Crippen LogP contribution in [0.4, 0.5) is 0 Å². The standard InChI is InChI=1S/C23H22Cl2N2OS/c1-15-9-10-17(16(2)13-15)11-12-26-23(28)21-8-3-5-18(27-21)14-29-22-19(24)6-4-7-20(22)25/h3-10,13H,11-12,14H2,1-2H3,(H,26,28). The highest BCUT2D eigenvalue weighted by molar-refractivity contribution is 7.98. The minimum Gasteiger partial charge on any atom is -0.350 e. The number of nitrogens with zero attached hydrogens (tertiary/aromatic N) is 1. The molecule has 0 saturated carbocycles. The lowest BCUT2D eigenvalue weighted by molar-refractivity contribution is 0.0949. The van der Waals surface area contributed by atoms with Crippen molar-refractivity contribution >= 4 is 40.9 Å². The van der Waals surface area contributed by atoms with Crippen molar-refractivity contribution in [3.8, 4) is 0 Å². The molecule has 0 aliphatic carbocycles. The molecule has 3 nitrogen and oxygen atoms in total. The van der Waals surface area contributed by atoms with Crippen LogP contribution in [0.25, 0.3) is 0 Å². The van der Waals surface area contributed by atoms with E-state index in [9.17, 15) is 4.79 Å². The molecule has 150 valence electrons. The topological polar surface area (TPSA) is 42.0 Å². The normalized spacial score (nSPS) is 10.8. The summed E-state index contributed by atoms with van der Waals surface area (Å²) < 4.78 is 0. The number of hydrogen-bond donors (Lipinski definition) is 1. The molecule has 0 spiro atoms. The van der Waals surface area contributed by atoms with Crippen molar-refractivity contribution in [2.45, 2.75) is 30.9 Å². The third kappa shape index (κ3) is 5.99. The Labute approximate surface area is 185 Å². The number of thioether (sulfide) groups is 1. The van der Waals surface area contributed by atoms with Gasteiger partial charge in [-0.25, -0.2) is 4.98 Å². The van der Waals surface area contributed by atoms with Crippen molar-refractivity contribution in [2.75, 3.05) is 6.54 Å². The first-order valence-corrected chi connectivity index (χ1v) is 11.1. The van der Waals surface area contributed by atoms with Gasteiger partial charge in [0.05, 0.1) is 15.7 Å². The average Bonchev–Trinajstić information content (AvgIpc) is 2.69. The molecule has 1 aromatic heterocycles. The molecule has 2 aromatic carbocycles. The molecule has 1 N–H and O–H groups in total. The predicted octanol–water partition coefficient (Wildman–Crippen LogP) is 6.27. The first-order chi connectivity index (χ1) is 13.9. The second-order valence-electron chi connectivity index (χ2n) is 6.79. The van der Waals surface area contributed by atoms with E-state index < -0.39 is 0 Å². The number of aryl methyl sites for hydroxylation is 2. The van der Waals surface area contributed by atoms with Gasteiger partial charge in [-0.1, -0.05) is 59.1 Å². The van der Waals surface area contributed by atoms with Crippen LogP contribution in [0.1, 0.15) is 32.9 Å². The lowest BCUT2D eigenvalue weighted by atomic mass is 10.0. The van der Waals surface area contributed by atoms with Gasteiger partial charge in [-0.2, -0.15) is 0 Å². The molecule has 1 heterocycles. The van der Waals surface area contributed by atoms with Crippen LogP contribution in [0.3, 0.4) is 0 Å². The lowest BCUT2D eigenvalue weighted by Crippen LogP contribution is -2.26.